The van der Waals surface area contributed by atoms with Crippen LogP contribution in [0.15, 0.2) is 57.7 Å². The van der Waals surface area contributed by atoms with Crippen LogP contribution in [0.3, 0.4) is 0 Å². The molecule has 4 nitrogen and oxygen atoms in total. The summed E-state index contributed by atoms with van der Waals surface area (Å²) in [5.74, 6) is 0. The Morgan fingerprint density at radius 3 is 2.68 bits per heavy atom. The van der Waals surface area contributed by atoms with Crippen molar-refractivity contribution in [1.82, 2.24) is 5.32 Å². The summed E-state index contributed by atoms with van der Waals surface area (Å²) in [6.45, 7) is 2.59. The second kappa shape index (κ2) is 7.68. The molecule has 0 unspecified atom stereocenters. The third-order valence-electron chi connectivity index (χ3n) is 3.82. The minimum Gasteiger partial charge on any atom is -0.423 e. The molecule has 3 rings (SSSR count). The molecule has 0 aliphatic carbocycles. The third kappa shape index (κ3) is 4.59. The van der Waals surface area contributed by atoms with Gasteiger partial charge in [0, 0.05) is 34.8 Å². The van der Waals surface area contributed by atoms with Gasteiger partial charge in [0.1, 0.15) is 5.58 Å². The maximum Gasteiger partial charge on any atom is 0.336 e. The Morgan fingerprint density at radius 1 is 1.16 bits per heavy atom. The summed E-state index contributed by atoms with van der Waals surface area (Å²) in [5.41, 5.74) is 3.03. The van der Waals surface area contributed by atoms with Crippen molar-refractivity contribution >= 4 is 45.6 Å². The molecule has 0 amide bonds. The molecule has 2 N–H and O–H groups in total. The summed E-state index contributed by atoms with van der Waals surface area (Å²) in [5, 5.41) is 8.42. The van der Waals surface area contributed by atoms with Gasteiger partial charge in [-0.05, 0) is 61.0 Å². The van der Waals surface area contributed by atoms with Crippen molar-refractivity contribution in [3.8, 4) is 0 Å². The molecule has 6 heteroatoms. The van der Waals surface area contributed by atoms with E-state index >= 15 is 0 Å². The number of benzene rings is 2. The van der Waals surface area contributed by atoms with Crippen molar-refractivity contribution in [3.63, 3.8) is 0 Å². The van der Waals surface area contributed by atoms with Gasteiger partial charge in [0.25, 0.3) is 0 Å². The van der Waals surface area contributed by atoms with Crippen LogP contribution >= 0.6 is 23.8 Å². The first kappa shape index (κ1) is 17.5. The highest BCUT2D eigenvalue weighted by Gasteiger charge is 2.04. The van der Waals surface area contributed by atoms with Gasteiger partial charge in [-0.15, -0.1) is 0 Å². The Morgan fingerprint density at radius 2 is 1.92 bits per heavy atom. The van der Waals surface area contributed by atoms with Gasteiger partial charge in [0.2, 0.25) is 0 Å². The maximum atomic E-state index is 11.5. The van der Waals surface area contributed by atoms with Gasteiger partial charge in [-0.2, -0.15) is 0 Å². The van der Waals surface area contributed by atoms with Gasteiger partial charge in [0.05, 0.1) is 0 Å². The number of hydrogen-bond acceptors (Lipinski definition) is 3. The van der Waals surface area contributed by atoms with E-state index in [2.05, 4.69) is 10.6 Å². The van der Waals surface area contributed by atoms with Crippen molar-refractivity contribution in [1.29, 1.82) is 0 Å². The molecule has 3 aromatic rings. The highest BCUT2D eigenvalue weighted by Crippen LogP contribution is 2.20. The van der Waals surface area contributed by atoms with Gasteiger partial charge >= 0.3 is 5.63 Å². The summed E-state index contributed by atoms with van der Waals surface area (Å²) >= 11 is 11.2. The lowest BCUT2D eigenvalue weighted by molar-refractivity contribution is 0.560. The number of thiocarbonyl (C=S) groups is 1. The molecule has 2 aromatic carbocycles. The van der Waals surface area contributed by atoms with Crippen LogP contribution in [0, 0.1) is 6.92 Å². The lowest BCUT2D eigenvalue weighted by atomic mass is 10.1. The van der Waals surface area contributed by atoms with E-state index in [1.807, 2.05) is 43.3 Å². The Labute approximate surface area is 155 Å². The summed E-state index contributed by atoms with van der Waals surface area (Å²) in [6, 6.07) is 14.8. The predicted octanol–water partition coefficient (Wildman–Crippen LogP) is 4.28. The summed E-state index contributed by atoms with van der Waals surface area (Å²) in [4.78, 5) is 11.5. The molecule has 0 atom stereocenters. The van der Waals surface area contributed by atoms with Gasteiger partial charge in [-0.3, -0.25) is 0 Å². The highest BCUT2D eigenvalue weighted by atomic mass is 35.5. The van der Waals surface area contributed by atoms with Gasteiger partial charge in [0.15, 0.2) is 5.11 Å². The van der Waals surface area contributed by atoms with Crippen LogP contribution in [-0.4, -0.2) is 11.7 Å². The lowest BCUT2D eigenvalue weighted by Gasteiger charge is -2.11. The zero-order valence-corrected chi connectivity index (χ0v) is 15.2. The molecule has 128 valence electrons. The van der Waals surface area contributed by atoms with Crippen LogP contribution in [0.2, 0.25) is 5.02 Å². The molecular weight excluding hydrogens is 356 g/mol. The standard InChI is InChI=1S/C19H17ClN2O2S/c1-12-10-18(23)24-17-11-15(6-7-16(12)17)22-19(25)21-9-8-13-2-4-14(20)5-3-13/h2-7,10-11H,8-9H2,1H3,(H2,21,22,25). The molecule has 0 radical (unpaired) electrons. The number of hydrogen-bond donors (Lipinski definition) is 2. The van der Waals surface area contributed by atoms with E-state index < -0.39 is 0 Å². The normalized spacial score (nSPS) is 10.6. The molecule has 0 spiro atoms. The molecule has 0 aliphatic rings. The van der Waals surface area contributed by atoms with Gasteiger partial charge < -0.3 is 15.1 Å². The fourth-order valence-corrected chi connectivity index (χ4v) is 2.90. The van der Waals surface area contributed by atoms with Crippen molar-refractivity contribution in [2.24, 2.45) is 0 Å². The SMILES string of the molecule is Cc1cc(=O)oc2cc(NC(=S)NCCc3ccc(Cl)cc3)ccc12. The fraction of sp³-hybridized carbons (Fsp3) is 0.158. The molecular formula is C19H17ClN2O2S. The Balaban J connectivity index is 1.60. The number of anilines is 1. The van der Waals surface area contributed by atoms with Crippen LogP contribution in [0.1, 0.15) is 11.1 Å². The van der Waals surface area contributed by atoms with E-state index in [1.165, 1.54) is 11.6 Å². The average molecular weight is 373 g/mol. The second-order valence-corrected chi connectivity index (χ2v) is 6.56. The molecule has 0 saturated carbocycles. The number of halogens is 1. The zero-order valence-electron chi connectivity index (χ0n) is 13.6. The van der Waals surface area contributed by atoms with Crippen LogP contribution in [0.5, 0.6) is 0 Å². The van der Waals surface area contributed by atoms with E-state index in [-0.39, 0.29) is 5.63 Å². The molecule has 0 fully saturated rings. The Hall–Kier alpha value is -2.37. The first-order chi connectivity index (χ1) is 12.0. The van der Waals surface area contributed by atoms with Crippen LogP contribution in [-0.2, 0) is 6.42 Å². The highest BCUT2D eigenvalue weighted by molar-refractivity contribution is 7.80. The van der Waals surface area contributed by atoms with E-state index in [9.17, 15) is 4.79 Å². The smallest absolute Gasteiger partial charge is 0.336 e. The monoisotopic (exact) mass is 372 g/mol. The summed E-state index contributed by atoms with van der Waals surface area (Å²) in [7, 11) is 0. The summed E-state index contributed by atoms with van der Waals surface area (Å²) < 4.78 is 5.24. The van der Waals surface area contributed by atoms with Crippen LogP contribution < -0.4 is 16.3 Å². The molecule has 0 saturated heterocycles. The number of aryl methyl sites for hydroxylation is 1. The largest absolute Gasteiger partial charge is 0.423 e. The molecule has 1 aromatic heterocycles. The van der Waals surface area contributed by atoms with E-state index in [0.29, 0.717) is 17.2 Å². The van der Waals surface area contributed by atoms with Crippen molar-refractivity contribution < 1.29 is 4.42 Å². The van der Waals surface area contributed by atoms with Crippen molar-refractivity contribution in [2.45, 2.75) is 13.3 Å². The topological polar surface area (TPSA) is 54.3 Å². The molecule has 0 bridgehead atoms. The quantitative estimate of drug-likeness (QED) is 0.528. The average Bonchev–Trinajstić information content (AvgIpc) is 2.56. The van der Waals surface area contributed by atoms with Crippen LogP contribution in [0.4, 0.5) is 5.69 Å². The van der Waals surface area contributed by atoms with Gasteiger partial charge in [-0.25, -0.2) is 4.79 Å². The minimum absolute atomic E-state index is 0.356. The predicted molar refractivity (Wildman–Crippen MR) is 107 cm³/mol. The van der Waals surface area contributed by atoms with Crippen molar-refractivity contribution in [2.75, 3.05) is 11.9 Å². The Bertz CT molecular complexity index is 967. The van der Waals surface area contributed by atoms with E-state index in [0.717, 1.165) is 28.1 Å². The lowest BCUT2D eigenvalue weighted by Crippen LogP contribution is -2.30. The fourth-order valence-electron chi connectivity index (χ4n) is 2.55. The second-order valence-electron chi connectivity index (χ2n) is 5.72. The maximum absolute atomic E-state index is 11.5. The number of rotatable bonds is 4. The third-order valence-corrected chi connectivity index (χ3v) is 4.32. The van der Waals surface area contributed by atoms with E-state index in [1.54, 1.807) is 6.07 Å². The summed E-state index contributed by atoms with van der Waals surface area (Å²) in [6.07, 6.45) is 0.838. The van der Waals surface area contributed by atoms with Crippen molar-refractivity contribution in [3.05, 3.63) is 75.1 Å². The molecule has 0 aliphatic heterocycles. The number of nitrogens with one attached hydrogen (secondary N) is 2. The Kier molecular flexibility index (Phi) is 5.36. The van der Waals surface area contributed by atoms with E-state index in [4.69, 9.17) is 28.2 Å². The number of fused-ring (bicyclic) bond motifs is 1. The van der Waals surface area contributed by atoms with Gasteiger partial charge in [-0.1, -0.05) is 23.7 Å². The molecule has 1 heterocycles. The van der Waals surface area contributed by atoms with Crippen LogP contribution in [0.25, 0.3) is 11.0 Å². The zero-order chi connectivity index (χ0) is 17.8. The molecule has 25 heavy (non-hydrogen) atoms. The first-order valence-electron chi connectivity index (χ1n) is 7.85. The minimum atomic E-state index is -0.356. The first-order valence-corrected chi connectivity index (χ1v) is 8.64.